The van der Waals surface area contributed by atoms with Gasteiger partial charge in [0.25, 0.3) is 0 Å². The Bertz CT molecular complexity index is 874. The maximum absolute atomic E-state index is 12.8. The summed E-state index contributed by atoms with van der Waals surface area (Å²) in [7, 11) is 0. The number of halogens is 4. The highest BCUT2D eigenvalue weighted by Crippen LogP contribution is 2.36. The molecule has 1 aliphatic heterocycles. The number of carbonyl (C=O) groups excluding carboxylic acids is 1. The van der Waals surface area contributed by atoms with Crippen LogP contribution in [0.4, 0.5) is 19.0 Å². The largest absolute Gasteiger partial charge is 0.417 e. The van der Waals surface area contributed by atoms with Crippen molar-refractivity contribution in [2.75, 3.05) is 11.4 Å². The maximum atomic E-state index is 12.8. The zero-order chi connectivity index (χ0) is 20.7. The van der Waals surface area contributed by atoms with Crippen molar-refractivity contribution in [3.63, 3.8) is 0 Å². The molecule has 0 aromatic carbocycles. The highest BCUT2D eigenvalue weighted by atomic mass is 35.5. The van der Waals surface area contributed by atoms with Gasteiger partial charge in [0.05, 0.1) is 28.7 Å². The number of anilines is 1. The predicted molar refractivity (Wildman–Crippen MR) is 98.5 cm³/mol. The summed E-state index contributed by atoms with van der Waals surface area (Å²) in [5.41, 5.74) is -0.598. The van der Waals surface area contributed by atoms with E-state index in [1.54, 1.807) is 11.0 Å². The van der Waals surface area contributed by atoms with Crippen LogP contribution in [0.15, 0.2) is 22.9 Å². The van der Waals surface area contributed by atoms with E-state index in [1.807, 2.05) is 20.8 Å². The van der Waals surface area contributed by atoms with Crippen LogP contribution in [0, 0.1) is 0 Å². The van der Waals surface area contributed by atoms with Crippen LogP contribution in [0.3, 0.4) is 0 Å². The molecule has 2 aromatic rings. The van der Waals surface area contributed by atoms with E-state index in [-0.39, 0.29) is 28.5 Å². The number of hydrogen-bond acceptors (Lipinski definition) is 5. The molecule has 0 spiro atoms. The number of alkyl halides is 3. The summed E-state index contributed by atoms with van der Waals surface area (Å²) in [6.07, 6.45) is -2.39. The lowest BCUT2D eigenvalue weighted by atomic mass is 9.93. The molecule has 0 radical (unpaired) electrons. The van der Waals surface area contributed by atoms with E-state index in [4.69, 9.17) is 16.1 Å². The number of hydrogen-bond donors (Lipinski definition) is 0. The summed E-state index contributed by atoms with van der Waals surface area (Å²) < 4.78 is 43.8. The Labute approximate surface area is 165 Å². The van der Waals surface area contributed by atoms with Crippen LogP contribution < -0.4 is 4.90 Å². The highest BCUT2D eigenvalue weighted by Gasteiger charge is 2.36. The smallest absolute Gasteiger partial charge is 0.361 e. The van der Waals surface area contributed by atoms with Crippen molar-refractivity contribution < 1.29 is 22.5 Å². The number of nitrogens with zero attached hydrogens (tertiary/aromatic N) is 3. The summed E-state index contributed by atoms with van der Waals surface area (Å²) in [6.45, 7) is 6.45. The van der Waals surface area contributed by atoms with Gasteiger partial charge in [-0.25, -0.2) is 4.98 Å². The second kappa shape index (κ2) is 7.39. The van der Waals surface area contributed by atoms with Crippen molar-refractivity contribution in [3.05, 3.63) is 40.4 Å². The van der Waals surface area contributed by atoms with E-state index in [9.17, 15) is 18.0 Å². The van der Waals surface area contributed by atoms with E-state index < -0.39 is 17.8 Å². The van der Waals surface area contributed by atoms with Gasteiger partial charge in [-0.05, 0) is 18.9 Å². The fourth-order valence-electron chi connectivity index (χ4n) is 3.20. The molecule has 28 heavy (non-hydrogen) atoms. The molecule has 0 saturated carbocycles. The average molecular weight is 416 g/mol. The van der Waals surface area contributed by atoms with E-state index in [0.717, 1.165) is 18.7 Å². The third-order valence-electron chi connectivity index (χ3n) is 4.70. The molecule has 0 N–H and O–H groups in total. The highest BCUT2D eigenvalue weighted by molar-refractivity contribution is 6.33. The molecular formula is C19H21ClF3N3O2. The van der Waals surface area contributed by atoms with Crippen LogP contribution in [0.5, 0.6) is 0 Å². The van der Waals surface area contributed by atoms with Gasteiger partial charge in [0.1, 0.15) is 11.6 Å². The minimum Gasteiger partial charge on any atom is -0.361 e. The molecule has 3 rings (SSSR count). The third kappa shape index (κ3) is 4.32. The lowest BCUT2D eigenvalue weighted by molar-refractivity contribution is -0.137. The molecule has 1 atom stereocenters. The van der Waals surface area contributed by atoms with Crippen molar-refractivity contribution >= 4 is 23.2 Å². The van der Waals surface area contributed by atoms with Gasteiger partial charge in [-0.2, -0.15) is 13.2 Å². The molecule has 5 nitrogen and oxygen atoms in total. The van der Waals surface area contributed by atoms with Crippen molar-refractivity contribution in [1.82, 2.24) is 10.1 Å². The molecule has 0 amide bonds. The van der Waals surface area contributed by atoms with Gasteiger partial charge in [-0.3, -0.25) is 4.79 Å². The third-order valence-corrected chi connectivity index (χ3v) is 4.98. The van der Waals surface area contributed by atoms with Gasteiger partial charge in [0.15, 0.2) is 5.78 Å². The molecule has 2 aromatic heterocycles. The fraction of sp³-hybridized carbons (Fsp3) is 0.526. The summed E-state index contributed by atoms with van der Waals surface area (Å²) >= 11 is 6.06. The zero-order valence-electron chi connectivity index (χ0n) is 15.8. The summed E-state index contributed by atoms with van der Waals surface area (Å²) in [5, 5.41) is 3.85. The molecule has 1 aliphatic rings. The van der Waals surface area contributed by atoms with Crippen LogP contribution >= 0.6 is 11.6 Å². The molecule has 3 heterocycles. The summed E-state index contributed by atoms with van der Waals surface area (Å²) in [6, 6.07) is 2.11. The first kappa shape index (κ1) is 20.6. The second-order valence-electron chi connectivity index (χ2n) is 7.95. The molecule has 9 heteroatoms. The number of Topliss-reactive ketones (excluding diaryl/α,β-unsaturated/α-hetero) is 1. The lowest BCUT2D eigenvalue weighted by Crippen LogP contribution is -2.37. The Hall–Kier alpha value is -2.09. The minimum atomic E-state index is -4.52. The van der Waals surface area contributed by atoms with Crippen molar-refractivity contribution in [2.45, 2.75) is 57.7 Å². The second-order valence-corrected chi connectivity index (χ2v) is 8.36. The maximum Gasteiger partial charge on any atom is 0.417 e. The topological polar surface area (TPSA) is 59.2 Å². The first-order chi connectivity index (χ1) is 13.0. The monoisotopic (exact) mass is 415 g/mol. The number of carbonyl (C=O) groups is 1. The Kier molecular flexibility index (Phi) is 5.44. The zero-order valence-corrected chi connectivity index (χ0v) is 16.6. The Morgan fingerprint density at radius 3 is 2.61 bits per heavy atom. The van der Waals surface area contributed by atoms with Gasteiger partial charge >= 0.3 is 6.18 Å². The number of ketones is 1. The van der Waals surface area contributed by atoms with Crippen LogP contribution in [-0.2, 0) is 22.8 Å². The Balaban J connectivity index is 1.77. The van der Waals surface area contributed by atoms with E-state index in [2.05, 4.69) is 10.1 Å². The molecule has 0 bridgehead atoms. The van der Waals surface area contributed by atoms with Gasteiger partial charge in [0.2, 0.25) is 0 Å². The van der Waals surface area contributed by atoms with E-state index in [1.165, 1.54) is 0 Å². The normalized spacial score (nSPS) is 18.0. The quantitative estimate of drug-likeness (QED) is 0.716. The minimum absolute atomic E-state index is 0.0823. The molecule has 1 saturated heterocycles. The standard InChI is InChI=1S/C19H21ClF3N3O2/c1-18(2,3)16-9-12(25-28-16)8-15(27)14-5-4-6-26(14)17-13(20)7-11(10-24-17)19(21,22)23/h7,9-10,14H,4-6,8H2,1-3H3. The average Bonchev–Trinajstić information content (AvgIpc) is 3.22. The first-order valence-electron chi connectivity index (χ1n) is 8.95. The summed E-state index contributed by atoms with van der Waals surface area (Å²) in [5.74, 6) is 0.788. The number of rotatable bonds is 4. The Morgan fingerprint density at radius 1 is 1.32 bits per heavy atom. The van der Waals surface area contributed by atoms with Gasteiger partial charge < -0.3 is 9.42 Å². The molecule has 152 valence electrons. The SMILES string of the molecule is CC(C)(C)c1cc(CC(=O)C2CCCN2c2ncc(C(F)(F)F)cc2Cl)no1. The lowest BCUT2D eigenvalue weighted by Gasteiger charge is -2.25. The van der Waals surface area contributed by atoms with Crippen LogP contribution in [-0.4, -0.2) is 28.5 Å². The van der Waals surface area contributed by atoms with Gasteiger partial charge in [-0.1, -0.05) is 37.5 Å². The van der Waals surface area contributed by atoms with Crippen molar-refractivity contribution in [3.8, 4) is 0 Å². The van der Waals surface area contributed by atoms with E-state index in [0.29, 0.717) is 24.4 Å². The first-order valence-corrected chi connectivity index (χ1v) is 9.33. The molecule has 1 fully saturated rings. The van der Waals surface area contributed by atoms with Crippen LogP contribution in [0.2, 0.25) is 5.02 Å². The Morgan fingerprint density at radius 2 is 2.04 bits per heavy atom. The molecule has 0 aliphatic carbocycles. The van der Waals surface area contributed by atoms with Crippen molar-refractivity contribution in [2.24, 2.45) is 0 Å². The van der Waals surface area contributed by atoms with Crippen LogP contribution in [0.25, 0.3) is 0 Å². The van der Waals surface area contributed by atoms with Crippen molar-refractivity contribution in [1.29, 1.82) is 0 Å². The molecule has 1 unspecified atom stereocenters. The van der Waals surface area contributed by atoms with Crippen LogP contribution in [0.1, 0.15) is 50.6 Å². The van der Waals surface area contributed by atoms with Gasteiger partial charge in [-0.15, -0.1) is 0 Å². The fourth-order valence-corrected chi connectivity index (χ4v) is 3.47. The van der Waals surface area contributed by atoms with Gasteiger partial charge in [0, 0.05) is 24.2 Å². The molecular weight excluding hydrogens is 395 g/mol. The number of pyridine rings is 1. The summed E-state index contributed by atoms with van der Waals surface area (Å²) in [4.78, 5) is 18.4. The number of aromatic nitrogens is 2. The predicted octanol–water partition coefficient (Wildman–Crippen LogP) is 4.82. The van der Waals surface area contributed by atoms with E-state index >= 15 is 0 Å².